The Morgan fingerprint density at radius 3 is 1.80 bits per heavy atom. The number of carbonyl (C=O) groups is 2. The van der Waals surface area contributed by atoms with Crippen molar-refractivity contribution in [3.05, 3.63) is 95.6 Å². The van der Waals surface area contributed by atoms with Gasteiger partial charge in [-0.25, -0.2) is 4.57 Å². The van der Waals surface area contributed by atoms with Crippen LogP contribution in [-0.4, -0.2) is 60.5 Å². The van der Waals surface area contributed by atoms with E-state index < -0.39 is 38.6 Å². The number of phosphoric acid groups is 1. The molecule has 0 aliphatic rings. The summed E-state index contributed by atoms with van der Waals surface area (Å²) in [4.78, 5) is 35.1. The topological polar surface area (TPSA) is 168 Å². The highest BCUT2D eigenvalue weighted by Crippen LogP contribution is 2.43. The SMILES string of the molecule is CC/C=C\C/C=C\C/C=C\C/C=C\C/C=C\C=C/C(O)CCC(=O)OC[C@H](COP(=O)(O)OCCN)OC(=O)CCCCCCCCCCc1oc(CCCCC)c(C)c1C. The standard InChI is InChI=1S/C49H80NO10P/c1-5-7-9-10-11-12-13-14-15-16-17-18-19-22-25-29-32-44(51)36-37-48(52)56-40-45(41-58-61(54,55)57-39-38-50)59-49(53)35-31-27-24-21-20-23-26-30-34-47-43(4)42(3)46(60-47)33-28-8-6-2/h7,9,11-12,14-15,17-18,22,25,29,32,44-45,51H,5-6,8,10,13,16,19-21,23-24,26-28,30-31,33-41,50H2,1-4H3,(H,54,55)/b9-7-,12-11-,15-14-,18-17-,25-22-,32-29-/t44?,45-/m1/s1. The number of aliphatic hydroxyl groups excluding tert-OH is 1. The second-order valence-electron chi connectivity index (χ2n) is 15.3. The zero-order chi connectivity index (χ0) is 44.8. The van der Waals surface area contributed by atoms with E-state index in [-0.39, 0.29) is 39.0 Å². The van der Waals surface area contributed by atoms with Gasteiger partial charge in [0.05, 0.1) is 19.3 Å². The largest absolute Gasteiger partial charge is 0.472 e. The third kappa shape index (κ3) is 31.2. The van der Waals surface area contributed by atoms with Gasteiger partial charge >= 0.3 is 19.8 Å². The fourth-order valence-electron chi connectivity index (χ4n) is 6.22. The van der Waals surface area contributed by atoms with E-state index in [0.29, 0.717) is 6.42 Å². The van der Waals surface area contributed by atoms with E-state index >= 15 is 0 Å². The lowest BCUT2D eigenvalue weighted by Gasteiger charge is -2.20. The van der Waals surface area contributed by atoms with Gasteiger partial charge < -0.3 is 29.6 Å². The van der Waals surface area contributed by atoms with Gasteiger partial charge in [-0.3, -0.25) is 18.6 Å². The summed E-state index contributed by atoms with van der Waals surface area (Å²) >= 11 is 0. The summed E-state index contributed by atoms with van der Waals surface area (Å²) in [5, 5.41) is 10.3. The van der Waals surface area contributed by atoms with Crippen LogP contribution in [0, 0.1) is 13.8 Å². The third-order valence-electron chi connectivity index (χ3n) is 9.93. The van der Waals surface area contributed by atoms with E-state index in [0.717, 1.165) is 101 Å². The molecule has 1 aromatic rings. The molecular formula is C49H80NO10P. The fraction of sp³-hybridized carbons (Fsp3) is 0.633. The predicted molar refractivity (Wildman–Crippen MR) is 247 cm³/mol. The highest BCUT2D eigenvalue weighted by atomic mass is 31.2. The Hall–Kier alpha value is -3.31. The molecule has 12 heteroatoms. The van der Waals surface area contributed by atoms with E-state index in [1.807, 2.05) is 12.2 Å². The van der Waals surface area contributed by atoms with Crippen LogP contribution in [0.2, 0.25) is 0 Å². The van der Waals surface area contributed by atoms with E-state index in [4.69, 9.17) is 28.7 Å². The molecule has 0 spiro atoms. The van der Waals surface area contributed by atoms with Gasteiger partial charge in [-0.2, -0.15) is 0 Å². The van der Waals surface area contributed by atoms with Crippen LogP contribution < -0.4 is 5.73 Å². The molecule has 0 aliphatic carbocycles. The van der Waals surface area contributed by atoms with Gasteiger partial charge in [0.25, 0.3) is 0 Å². The molecule has 0 aliphatic heterocycles. The summed E-state index contributed by atoms with van der Waals surface area (Å²) in [5.41, 5.74) is 7.97. The Labute approximate surface area is 368 Å². The highest BCUT2D eigenvalue weighted by molar-refractivity contribution is 7.47. The summed E-state index contributed by atoms with van der Waals surface area (Å²) in [5.74, 6) is 1.16. The van der Waals surface area contributed by atoms with Crippen LogP contribution in [0.1, 0.15) is 158 Å². The van der Waals surface area contributed by atoms with Crippen LogP contribution in [0.5, 0.6) is 0 Å². The molecule has 346 valence electrons. The van der Waals surface area contributed by atoms with Crippen LogP contribution in [0.4, 0.5) is 0 Å². The fourth-order valence-corrected chi connectivity index (χ4v) is 6.98. The quantitative estimate of drug-likeness (QED) is 0.0190. The van der Waals surface area contributed by atoms with Gasteiger partial charge in [0.2, 0.25) is 0 Å². The summed E-state index contributed by atoms with van der Waals surface area (Å²) in [6.45, 7) is 7.61. The number of aryl methyl sites for hydroxylation is 2. The van der Waals surface area contributed by atoms with Gasteiger partial charge in [0, 0.05) is 32.2 Å². The van der Waals surface area contributed by atoms with Gasteiger partial charge in [0.1, 0.15) is 18.1 Å². The maximum atomic E-state index is 12.7. The molecule has 0 radical (unpaired) electrons. The predicted octanol–water partition coefficient (Wildman–Crippen LogP) is 11.7. The molecule has 0 saturated heterocycles. The number of aliphatic hydroxyl groups is 1. The number of phosphoric ester groups is 1. The Kier molecular flexibility index (Phi) is 34.0. The number of hydrogen-bond donors (Lipinski definition) is 3. The number of rotatable bonds is 38. The Morgan fingerprint density at radius 1 is 0.689 bits per heavy atom. The summed E-state index contributed by atoms with van der Waals surface area (Å²) in [6.07, 6.45) is 40.9. The molecule has 61 heavy (non-hydrogen) atoms. The van der Waals surface area contributed by atoms with Crippen LogP contribution in [0.25, 0.3) is 0 Å². The van der Waals surface area contributed by atoms with Crippen molar-refractivity contribution in [2.24, 2.45) is 5.73 Å². The van der Waals surface area contributed by atoms with Gasteiger partial charge in [-0.1, -0.05) is 138 Å². The summed E-state index contributed by atoms with van der Waals surface area (Å²) in [6, 6.07) is 0. The monoisotopic (exact) mass is 874 g/mol. The van der Waals surface area contributed by atoms with E-state index in [9.17, 15) is 24.2 Å². The number of nitrogens with two attached hydrogens (primary N) is 1. The molecule has 1 heterocycles. The number of allylic oxidation sites excluding steroid dienone is 11. The molecule has 0 aromatic carbocycles. The maximum Gasteiger partial charge on any atom is 0.472 e. The molecule has 0 saturated carbocycles. The molecule has 0 amide bonds. The normalized spacial score (nSPS) is 14.4. The molecule has 0 bridgehead atoms. The number of hydrogen-bond acceptors (Lipinski definition) is 10. The molecule has 1 rings (SSSR count). The Morgan fingerprint density at radius 2 is 1.23 bits per heavy atom. The van der Waals surface area contributed by atoms with Crippen LogP contribution in [0.3, 0.4) is 0 Å². The van der Waals surface area contributed by atoms with Crippen molar-refractivity contribution < 1.29 is 47.1 Å². The van der Waals surface area contributed by atoms with E-state index in [1.165, 1.54) is 30.4 Å². The lowest BCUT2D eigenvalue weighted by Crippen LogP contribution is -2.29. The van der Waals surface area contributed by atoms with Crippen molar-refractivity contribution in [2.75, 3.05) is 26.4 Å². The van der Waals surface area contributed by atoms with Crippen molar-refractivity contribution in [2.45, 2.75) is 175 Å². The van der Waals surface area contributed by atoms with E-state index in [2.05, 4.69) is 76.3 Å². The third-order valence-corrected chi connectivity index (χ3v) is 10.9. The van der Waals surface area contributed by atoms with Gasteiger partial charge in [-0.15, -0.1) is 0 Å². The summed E-state index contributed by atoms with van der Waals surface area (Å²) < 4.78 is 38.9. The van der Waals surface area contributed by atoms with Gasteiger partial charge in [0.15, 0.2) is 6.10 Å². The molecule has 0 fully saturated rings. The van der Waals surface area contributed by atoms with Crippen molar-refractivity contribution in [3.63, 3.8) is 0 Å². The van der Waals surface area contributed by atoms with Crippen LogP contribution >= 0.6 is 7.82 Å². The lowest BCUT2D eigenvalue weighted by atomic mass is 10.0. The number of esters is 2. The van der Waals surface area contributed by atoms with Crippen LogP contribution in [-0.2, 0) is 45.5 Å². The van der Waals surface area contributed by atoms with E-state index in [1.54, 1.807) is 12.2 Å². The second kappa shape index (κ2) is 37.3. The average molecular weight is 874 g/mol. The number of ether oxygens (including phenoxy) is 2. The zero-order valence-electron chi connectivity index (χ0n) is 37.9. The van der Waals surface area contributed by atoms with Crippen molar-refractivity contribution in [3.8, 4) is 0 Å². The lowest BCUT2D eigenvalue weighted by molar-refractivity contribution is -0.161. The first-order valence-electron chi connectivity index (χ1n) is 22.9. The minimum atomic E-state index is -4.45. The molecular weight excluding hydrogens is 794 g/mol. The first-order valence-corrected chi connectivity index (χ1v) is 24.4. The van der Waals surface area contributed by atoms with Gasteiger partial charge in [-0.05, 0) is 82.8 Å². The zero-order valence-corrected chi connectivity index (χ0v) is 38.8. The number of carbonyl (C=O) groups excluding carboxylic acids is 2. The van der Waals surface area contributed by atoms with Crippen molar-refractivity contribution in [1.82, 2.24) is 0 Å². The summed E-state index contributed by atoms with van der Waals surface area (Å²) in [7, 11) is -4.45. The average Bonchev–Trinajstić information content (AvgIpc) is 3.51. The Bertz CT molecular complexity index is 1520. The maximum absolute atomic E-state index is 12.7. The first-order chi connectivity index (χ1) is 29.5. The molecule has 4 N–H and O–H groups in total. The number of unbranched alkanes of at least 4 members (excludes halogenated alkanes) is 9. The minimum absolute atomic E-state index is 0.0124. The van der Waals surface area contributed by atoms with Crippen molar-refractivity contribution >= 4 is 19.8 Å². The molecule has 2 unspecified atom stereocenters. The Balaban J connectivity index is 2.35. The second-order valence-corrected chi connectivity index (χ2v) is 16.8. The molecule has 1 aromatic heterocycles. The minimum Gasteiger partial charge on any atom is -0.466 e. The van der Waals surface area contributed by atoms with Crippen LogP contribution in [0.15, 0.2) is 77.3 Å². The smallest absolute Gasteiger partial charge is 0.466 e. The first kappa shape index (κ1) is 55.7. The highest BCUT2D eigenvalue weighted by Gasteiger charge is 2.26. The van der Waals surface area contributed by atoms with Crippen molar-refractivity contribution in [1.29, 1.82) is 0 Å². The molecule has 3 atom stereocenters. The molecule has 11 nitrogen and oxygen atoms in total. The number of furan rings is 1.